The van der Waals surface area contributed by atoms with Crippen LogP contribution in [0, 0.1) is 5.92 Å². The maximum atomic E-state index is 12.8. The number of carbonyl (C=O) groups is 3. The van der Waals surface area contributed by atoms with Gasteiger partial charge in [-0.15, -0.1) is 0 Å². The summed E-state index contributed by atoms with van der Waals surface area (Å²) in [5.41, 5.74) is 0.773. The Labute approximate surface area is 198 Å². The van der Waals surface area contributed by atoms with Crippen LogP contribution in [-0.4, -0.2) is 43.6 Å². The molecule has 2 atom stereocenters. The van der Waals surface area contributed by atoms with Crippen LogP contribution in [0.1, 0.15) is 25.8 Å². The summed E-state index contributed by atoms with van der Waals surface area (Å²) >= 11 is 0. The Morgan fingerprint density at radius 3 is 2.12 bits per heavy atom. The van der Waals surface area contributed by atoms with Gasteiger partial charge in [0.15, 0.2) is 9.84 Å². The van der Waals surface area contributed by atoms with E-state index in [0.29, 0.717) is 0 Å². The van der Waals surface area contributed by atoms with Crippen LogP contribution in [0.5, 0.6) is 0 Å². The lowest BCUT2D eigenvalue weighted by Crippen LogP contribution is -2.52. The number of ether oxygens (including phenoxy) is 1. The third-order valence-corrected chi connectivity index (χ3v) is 6.16. The quantitative estimate of drug-likeness (QED) is 0.442. The van der Waals surface area contributed by atoms with Crippen molar-refractivity contribution in [2.45, 2.75) is 43.9 Å². The van der Waals surface area contributed by atoms with E-state index in [1.165, 1.54) is 12.1 Å². The van der Waals surface area contributed by atoms with Gasteiger partial charge in [-0.3, -0.25) is 9.59 Å². The van der Waals surface area contributed by atoms with Crippen molar-refractivity contribution in [2.24, 2.45) is 5.92 Å². The summed E-state index contributed by atoms with van der Waals surface area (Å²) in [6.07, 6.45) is -0.246. The van der Waals surface area contributed by atoms with Crippen molar-refractivity contribution in [3.05, 3.63) is 77.7 Å². The fourth-order valence-electron chi connectivity index (χ4n) is 2.94. The van der Waals surface area contributed by atoms with Gasteiger partial charge < -0.3 is 20.5 Å². The normalized spacial score (nSPS) is 13.3. The highest BCUT2D eigenvalue weighted by Crippen LogP contribution is 2.12. The van der Waals surface area contributed by atoms with Crippen molar-refractivity contribution in [3.63, 3.8) is 0 Å². The van der Waals surface area contributed by atoms with E-state index < -0.39 is 46.3 Å². The van der Waals surface area contributed by atoms with Gasteiger partial charge in [0, 0.05) is 5.41 Å². The summed E-state index contributed by atoms with van der Waals surface area (Å²) in [4.78, 5) is 36.3. The van der Waals surface area contributed by atoms with E-state index in [1.54, 1.807) is 56.3 Å². The lowest BCUT2D eigenvalue weighted by atomic mass is 10.0. The van der Waals surface area contributed by atoms with Crippen LogP contribution in [0.3, 0.4) is 0 Å². The second-order valence-electron chi connectivity index (χ2n) is 7.83. The molecule has 3 N–H and O–H groups in total. The number of carboxylic acid groups (broad SMARTS) is 1. The minimum atomic E-state index is -3.83. The molecule has 2 amide bonds. The van der Waals surface area contributed by atoms with Gasteiger partial charge in [0.2, 0.25) is 5.91 Å². The van der Waals surface area contributed by atoms with E-state index in [4.69, 9.17) is 4.74 Å². The van der Waals surface area contributed by atoms with E-state index >= 15 is 0 Å². The van der Waals surface area contributed by atoms with Crippen LogP contribution in [0.25, 0.3) is 0 Å². The van der Waals surface area contributed by atoms with Gasteiger partial charge in [-0.1, -0.05) is 62.4 Å². The molecule has 0 spiro atoms. The number of hydrogen-bond acceptors (Lipinski definition) is 6. The molecule has 2 aromatic rings. The van der Waals surface area contributed by atoms with E-state index in [2.05, 4.69) is 10.6 Å². The first kappa shape index (κ1) is 26.6. The van der Waals surface area contributed by atoms with Gasteiger partial charge in [0.25, 0.3) is 0 Å². The molecule has 2 aromatic carbocycles. The Balaban J connectivity index is 2.07. The molecule has 10 heteroatoms. The molecule has 0 fully saturated rings. The Bertz CT molecular complexity index is 1100. The number of nitrogens with one attached hydrogen (secondary N) is 2. The Morgan fingerprint density at radius 2 is 1.56 bits per heavy atom. The summed E-state index contributed by atoms with van der Waals surface area (Å²) < 4.78 is 30.1. The predicted octanol–water partition coefficient (Wildman–Crippen LogP) is 2.88. The summed E-state index contributed by atoms with van der Waals surface area (Å²) in [5, 5.41) is 15.0. The molecule has 2 rings (SSSR count). The van der Waals surface area contributed by atoms with Gasteiger partial charge >= 0.3 is 12.1 Å². The van der Waals surface area contributed by atoms with Crippen molar-refractivity contribution in [2.75, 3.05) is 0 Å². The monoisotopic (exact) mass is 488 g/mol. The smallest absolute Gasteiger partial charge is 0.408 e. The lowest BCUT2D eigenvalue weighted by Gasteiger charge is -2.23. The number of carbonyl (C=O) groups excluding carboxylic acids is 2. The molecule has 0 aliphatic heterocycles. The Hall–Kier alpha value is -3.66. The average Bonchev–Trinajstić information content (AvgIpc) is 2.80. The van der Waals surface area contributed by atoms with Gasteiger partial charge in [-0.05, 0) is 29.7 Å². The molecule has 0 aliphatic rings. The molecule has 0 heterocycles. The number of amides is 2. The van der Waals surface area contributed by atoms with E-state index in [0.717, 1.165) is 17.0 Å². The Morgan fingerprint density at radius 1 is 0.971 bits per heavy atom. The molecule has 0 aromatic heterocycles. The van der Waals surface area contributed by atoms with Crippen molar-refractivity contribution < 1.29 is 32.6 Å². The largest absolute Gasteiger partial charge is 0.481 e. The van der Waals surface area contributed by atoms with Crippen LogP contribution in [-0.2, 0) is 30.8 Å². The van der Waals surface area contributed by atoms with Crippen molar-refractivity contribution in [3.8, 4) is 0 Å². The molecule has 9 nitrogen and oxygen atoms in total. The standard InChI is InChI=1S/C24H28N2O7S/c1-17(2)22(26-24(30)33-16-18-9-5-3-6-10-18)23(29)25-19(15-21(27)28)13-14-34(31,32)20-11-7-4-8-12-20/h3-14,17,19,22H,15-16H2,1-2H3,(H,25,29)(H,26,30)(H,27,28)/b14-13+/t19-,22+/m1/s1. The number of alkyl carbamates (subject to hydrolysis) is 1. The number of aliphatic carboxylic acids is 1. The van der Waals surface area contributed by atoms with E-state index in [1.807, 2.05) is 6.07 Å². The molecule has 34 heavy (non-hydrogen) atoms. The lowest BCUT2D eigenvalue weighted by molar-refractivity contribution is -0.137. The van der Waals surface area contributed by atoms with Crippen LogP contribution < -0.4 is 10.6 Å². The molecule has 0 saturated carbocycles. The zero-order valence-electron chi connectivity index (χ0n) is 18.9. The molecule has 0 saturated heterocycles. The summed E-state index contributed by atoms with van der Waals surface area (Å²) in [7, 11) is -3.83. The van der Waals surface area contributed by atoms with Crippen LogP contribution in [0.2, 0.25) is 0 Å². The predicted molar refractivity (Wildman–Crippen MR) is 125 cm³/mol. The van der Waals surface area contributed by atoms with E-state index in [9.17, 15) is 27.9 Å². The zero-order valence-corrected chi connectivity index (χ0v) is 19.7. The topological polar surface area (TPSA) is 139 Å². The van der Waals surface area contributed by atoms with Crippen LogP contribution >= 0.6 is 0 Å². The molecular formula is C24H28N2O7S. The van der Waals surface area contributed by atoms with Crippen molar-refractivity contribution in [1.29, 1.82) is 0 Å². The maximum Gasteiger partial charge on any atom is 0.408 e. The third-order valence-electron chi connectivity index (χ3n) is 4.72. The summed E-state index contributed by atoms with van der Waals surface area (Å²) in [5.74, 6) is -2.25. The molecule has 0 aliphatic carbocycles. The summed E-state index contributed by atoms with van der Waals surface area (Å²) in [6, 6.07) is 14.5. The fourth-order valence-corrected chi connectivity index (χ4v) is 4.03. The van der Waals surface area contributed by atoms with Gasteiger partial charge in [-0.25, -0.2) is 13.2 Å². The second kappa shape index (κ2) is 12.5. The number of rotatable bonds is 11. The molecule has 182 valence electrons. The first-order chi connectivity index (χ1) is 16.1. The number of hydrogen-bond donors (Lipinski definition) is 3. The number of benzene rings is 2. The minimum absolute atomic E-state index is 0.0147. The highest BCUT2D eigenvalue weighted by molar-refractivity contribution is 7.94. The zero-order chi connectivity index (χ0) is 25.1. The number of sulfone groups is 1. The molecule has 0 radical (unpaired) electrons. The van der Waals surface area contributed by atoms with Gasteiger partial charge in [0.05, 0.1) is 17.4 Å². The SMILES string of the molecule is CC(C)[C@H](NC(=O)OCc1ccccc1)C(=O)N[C@H](/C=C/S(=O)(=O)c1ccccc1)CC(=O)O. The first-order valence-electron chi connectivity index (χ1n) is 10.6. The molecule has 0 bridgehead atoms. The van der Waals surface area contributed by atoms with Crippen molar-refractivity contribution in [1.82, 2.24) is 10.6 Å². The highest BCUT2D eigenvalue weighted by Gasteiger charge is 2.27. The van der Waals surface area contributed by atoms with Crippen LogP contribution in [0.4, 0.5) is 4.79 Å². The number of carboxylic acids is 1. The average molecular weight is 489 g/mol. The summed E-state index contributed by atoms with van der Waals surface area (Å²) in [6.45, 7) is 3.41. The van der Waals surface area contributed by atoms with Crippen molar-refractivity contribution >= 4 is 27.8 Å². The fraction of sp³-hybridized carbons (Fsp3) is 0.292. The third kappa shape index (κ3) is 8.70. The van der Waals surface area contributed by atoms with Gasteiger partial charge in [0.1, 0.15) is 12.6 Å². The second-order valence-corrected chi connectivity index (χ2v) is 9.66. The van der Waals surface area contributed by atoms with Gasteiger partial charge in [-0.2, -0.15) is 0 Å². The Kier molecular flexibility index (Phi) is 9.81. The van der Waals surface area contributed by atoms with Crippen LogP contribution in [0.15, 0.2) is 77.0 Å². The van der Waals surface area contributed by atoms with E-state index in [-0.39, 0.29) is 17.4 Å². The first-order valence-corrected chi connectivity index (χ1v) is 12.1. The molecular weight excluding hydrogens is 460 g/mol. The maximum absolute atomic E-state index is 12.8. The highest BCUT2D eigenvalue weighted by atomic mass is 32.2. The molecule has 0 unspecified atom stereocenters. The minimum Gasteiger partial charge on any atom is -0.481 e.